The Morgan fingerprint density at radius 1 is 1.53 bits per heavy atom. The monoisotopic (exact) mass is 236 g/mol. The van der Waals surface area contributed by atoms with Crippen LogP contribution in [-0.4, -0.2) is 42.2 Å². The minimum absolute atomic E-state index is 0.0799. The average molecular weight is 236 g/mol. The number of carbonyl (C=O) groups is 1. The topological polar surface area (TPSA) is 76.1 Å². The molecule has 1 atom stereocenters. The maximum Gasteiger partial charge on any atom is 0.271 e. The fourth-order valence-electron chi connectivity index (χ4n) is 1.71. The molecule has 0 bridgehead atoms. The summed E-state index contributed by atoms with van der Waals surface area (Å²) in [7, 11) is 1.74. The quantitative estimate of drug-likeness (QED) is 0.795. The summed E-state index contributed by atoms with van der Waals surface area (Å²) >= 11 is 0. The molecule has 1 amide bonds. The van der Waals surface area contributed by atoms with Crippen molar-refractivity contribution in [3.05, 3.63) is 18.1 Å². The highest BCUT2D eigenvalue weighted by Gasteiger charge is 2.18. The fourth-order valence-corrected chi connectivity index (χ4v) is 1.71. The molecule has 2 heterocycles. The van der Waals surface area contributed by atoms with Crippen molar-refractivity contribution in [2.45, 2.75) is 18.9 Å². The van der Waals surface area contributed by atoms with E-state index in [1.807, 2.05) is 0 Å². The van der Waals surface area contributed by atoms with Crippen molar-refractivity contribution < 1.29 is 9.53 Å². The van der Waals surface area contributed by atoms with Gasteiger partial charge in [0.05, 0.1) is 25.0 Å². The number of ether oxygens (including phenoxy) is 1. The van der Waals surface area contributed by atoms with Crippen molar-refractivity contribution in [2.75, 3.05) is 25.6 Å². The third kappa shape index (κ3) is 3.13. The van der Waals surface area contributed by atoms with Gasteiger partial charge in [0.2, 0.25) is 0 Å². The van der Waals surface area contributed by atoms with Crippen LogP contribution in [0.3, 0.4) is 0 Å². The lowest BCUT2D eigenvalue weighted by Gasteiger charge is -2.22. The van der Waals surface area contributed by atoms with Crippen molar-refractivity contribution in [3.63, 3.8) is 0 Å². The number of aromatic nitrogens is 2. The van der Waals surface area contributed by atoms with E-state index < -0.39 is 0 Å². The summed E-state index contributed by atoms with van der Waals surface area (Å²) in [5.74, 6) is 0.377. The van der Waals surface area contributed by atoms with Gasteiger partial charge in [-0.25, -0.2) is 4.98 Å². The van der Waals surface area contributed by atoms with Crippen molar-refractivity contribution in [2.24, 2.45) is 0 Å². The molecule has 6 heteroatoms. The molecule has 2 rings (SSSR count). The van der Waals surface area contributed by atoms with Crippen LogP contribution in [-0.2, 0) is 4.74 Å². The van der Waals surface area contributed by atoms with E-state index in [2.05, 4.69) is 20.6 Å². The number of carbonyl (C=O) groups excluding carboxylic acids is 1. The summed E-state index contributed by atoms with van der Waals surface area (Å²) in [5.41, 5.74) is 0.322. The molecule has 92 valence electrons. The van der Waals surface area contributed by atoms with Crippen molar-refractivity contribution in [3.8, 4) is 0 Å². The zero-order valence-corrected chi connectivity index (χ0v) is 9.77. The van der Waals surface area contributed by atoms with Crippen LogP contribution in [0, 0.1) is 0 Å². The molecule has 0 spiro atoms. The Morgan fingerprint density at radius 2 is 2.41 bits per heavy atom. The van der Waals surface area contributed by atoms with Gasteiger partial charge in [0.25, 0.3) is 5.91 Å². The van der Waals surface area contributed by atoms with Gasteiger partial charge in [-0.3, -0.25) is 9.78 Å². The van der Waals surface area contributed by atoms with Crippen molar-refractivity contribution >= 4 is 11.7 Å². The normalized spacial score (nSPS) is 19.7. The summed E-state index contributed by atoms with van der Waals surface area (Å²) in [6.07, 6.45) is 4.96. The smallest absolute Gasteiger partial charge is 0.271 e. The summed E-state index contributed by atoms with van der Waals surface area (Å²) in [6, 6.07) is 0.0799. The first-order chi connectivity index (χ1) is 8.29. The van der Waals surface area contributed by atoms with Gasteiger partial charge in [0, 0.05) is 13.7 Å². The zero-order chi connectivity index (χ0) is 12.1. The van der Waals surface area contributed by atoms with E-state index in [-0.39, 0.29) is 11.9 Å². The molecule has 0 aromatic carbocycles. The molecule has 17 heavy (non-hydrogen) atoms. The van der Waals surface area contributed by atoms with Gasteiger partial charge in [-0.1, -0.05) is 0 Å². The second kappa shape index (κ2) is 5.58. The molecule has 6 nitrogen and oxygen atoms in total. The molecule has 0 aliphatic carbocycles. The number of hydrogen-bond acceptors (Lipinski definition) is 5. The first kappa shape index (κ1) is 11.8. The molecule has 1 saturated heterocycles. The molecule has 1 unspecified atom stereocenters. The Morgan fingerprint density at radius 3 is 3.12 bits per heavy atom. The predicted molar refractivity (Wildman–Crippen MR) is 62.9 cm³/mol. The Bertz CT molecular complexity index is 391. The second-order valence-electron chi connectivity index (χ2n) is 3.93. The summed E-state index contributed by atoms with van der Waals surface area (Å²) in [6.45, 7) is 1.35. The Labute approximate surface area is 99.8 Å². The SMILES string of the molecule is CNc1cncc(C(=O)NC2CCCOC2)n1. The maximum atomic E-state index is 11.9. The fraction of sp³-hybridized carbons (Fsp3) is 0.545. The second-order valence-corrected chi connectivity index (χ2v) is 3.93. The summed E-state index contributed by atoms with van der Waals surface area (Å²) in [4.78, 5) is 20.0. The Balaban J connectivity index is 1.98. The number of anilines is 1. The first-order valence-corrected chi connectivity index (χ1v) is 5.68. The van der Waals surface area contributed by atoms with Crippen LogP contribution in [0.4, 0.5) is 5.82 Å². The van der Waals surface area contributed by atoms with E-state index in [4.69, 9.17) is 4.74 Å². The third-order valence-electron chi connectivity index (χ3n) is 2.62. The Kier molecular flexibility index (Phi) is 3.87. The highest BCUT2D eigenvalue weighted by atomic mass is 16.5. The Hall–Kier alpha value is -1.69. The molecule has 0 radical (unpaired) electrons. The van der Waals surface area contributed by atoms with Crippen LogP contribution in [0.15, 0.2) is 12.4 Å². The highest BCUT2D eigenvalue weighted by molar-refractivity contribution is 5.92. The van der Waals surface area contributed by atoms with Crippen molar-refractivity contribution in [1.29, 1.82) is 0 Å². The van der Waals surface area contributed by atoms with E-state index in [1.54, 1.807) is 13.2 Å². The van der Waals surface area contributed by atoms with E-state index in [0.29, 0.717) is 18.1 Å². The predicted octanol–water partition coefficient (Wildman–Crippen LogP) is 0.427. The summed E-state index contributed by atoms with van der Waals surface area (Å²) in [5, 5.41) is 5.74. The lowest BCUT2D eigenvalue weighted by Crippen LogP contribution is -2.41. The van der Waals surface area contributed by atoms with Crippen LogP contribution in [0.25, 0.3) is 0 Å². The number of amides is 1. The van der Waals surface area contributed by atoms with Crippen LogP contribution in [0.1, 0.15) is 23.3 Å². The minimum atomic E-state index is -0.204. The third-order valence-corrected chi connectivity index (χ3v) is 2.62. The lowest BCUT2D eigenvalue weighted by atomic mass is 10.1. The molecule has 1 aromatic rings. The van der Waals surface area contributed by atoms with Gasteiger partial charge in [-0.15, -0.1) is 0 Å². The van der Waals surface area contributed by atoms with Crippen molar-refractivity contribution in [1.82, 2.24) is 15.3 Å². The molecule has 1 aromatic heterocycles. The van der Waals surface area contributed by atoms with Gasteiger partial charge >= 0.3 is 0 Å². The van der Waals surface area contributed by atoms with Gasteiger partial charge in [0.1, 0.15) is 11.5 Å². The number of nitrogens with one attached hydrogen (secondary N) is 2. The maximum absolute atomic E-state index is 11.9. The van der Waals surface area contributed by atoms with Gasteiger partial charge < -0.3 is 15.4 Å². The molecule has 0 saturated carbocycles. The molecule has 1 aliphatic heterocycles. The van der Waals surface area contributed by atoms with Crippen LogP contribution in [0.2, 0.25) is 0 Å². The van der Waals surface area contributed by atoms with Crippen LogP contribution in [0.5, 0.6) is 0 Å². The molecule has 2 N–H and O–H groups in total. The minimum Gasteiger partial charge on any atom is -0.379 e. The van der Waals surface area contributed by atoms with E-state index in [9.17, 15) is 4.79 Å². The molecular weight excluding hydrogens is 220 g/mol. The highest BCUT2D eigenvalue weighted by Crippen LogP contribution is 2.07. The van der Waals surface area contributed by atoms with E-state index in [1.165, 1.54) is 6.20 Å². The first-order valence-electron chi connectivity index (χ1n) is 5.68. The molecular formula is C11H16N4O2. The van der Waals surface area contributed by atoms with Gasteiger partial charge in [-0.05, 0) is 12.8 Å². The van der Waals surface area contributed by atoms with Crippen LogP contribution < -0.4 is 10.6 Å². The summed E-state index contributed by atoms with van der Waals surface area (Å²) < 4.78 is 5.30. The zero-order valence-electron chi connectivity index (χ0n) is 9.77. The number of hydrogen-bond donors (Lipinski definition) is 2. The average Bonchev–Trinajstić information content (AvgIpc) is 2.40. The largest absolute Gasteiger partial charge is 0.379 e. The van der Waals surface area contributed by atoms with Crippen LogP contribution >= 0.6 is 0 Å². The lowest BCUT2D eigenvalue weighted by molar-refractivity contribution is 0.0622. The number of nitrogens with zero attached hydrogens (tertiary/aromatic N) is 2. The molecule has 1 aliphatic rings. The van der Waals surface area contributed by atoms with E-state index in [0.717, 1.165) is 19.4 Å². The molecule has 1 fully saturated rings. The number of rotatable bonds is 3. The van der Waals surface area contributed by atoms with Gasteiger partial charge in [-0.2, -0.15) is 0 Å². The van der Waals surface area contributed by atoms with E-state index >= 15 is 0 Å². The van der Waals surface area contributed by atoms with Gasteiger partial charge in [0.15, 0.2) is 0 Å². The standard InChI is InChI=1S/C11H16N4O2/c1-12-10-6-13-5-9(15-10)11(16)14-8-3-2-4-17-7-8/h5-6,8H,2-4,7H2,1H3,(H,12,15)(H,14,16).